The molecule has 0 fully saturated rings. The quantitative estimate of drug-likeness (QED) is 0.818. The van der Waals surface area contributed by atoms with Crippen LogP contribution in [0, 0.1) is 5.82 Å². The maximum atomic E-state index is 13.1. The number of ether oxygens (including phenoxy) is 2. The van der Waals surface area contributed by atoms with Crippen molar-refractivity contribution < 1.29 is 18.7 Å². The normalized spacial score (nSPS) is 11.9. The summed E-state index contributed by atoms with van der Waals surface area (Å²) in [5, 5.41) is 2.66. The van der Waals surface area contributed by atoms with Gasteiger partial charge in [0.1, 0.15) is 0 Å². The zero-order chi connectivity index (χ0) is 12.7. The number of para-hydroxylation sites is 1. The lowest BCUT2D eigenvalue weighted by Gasteiger charge is -2.13. The third-order valence-electron chi connectivity index (χ3n) is 2.02. The first-order valence-electron chi connectivity index (χ1n) is 5.29. The number of rotatable bonds is 6. The Bertz CT molecular complexity index is 371. The SMILES string of the molecule is COC[C@H](C)NC(=O)COc1ccccc1F. The molecule has 5 heteroatoms. The van der Waals surface area contributed by atoms with Crippen LogP contribution in [0.5, 0.6) is 5.75 Å². The van der Waals surface area contributed by atoms with Gasteiger partial charge in [-0.25, -0.2) is 4.39 Å². The molecule has 0 bridgehead atoms. The van der Waals surface area contributed by atoms with Gasteiger partial charge in [0.15, 0.2) is 18.2 Å². The van der Waals surface area contributed by atoms with Crippen molar-refractivity contribution in [2.75, 3.05) is 20.3 Å². The van der Waals surface area contributed by atoms with Crippen molar-refractivity contribution >= 4 is 5.91 Å². The standard InChI is InChI=1S/C12H16FNO3/c1-9(7-16-2)14-12(15)8-17-11-6-4-3-5-10(11)13/h3-6,9H,7-8H2,1-2H3,(H,14,15)/t9-/m0/s1. The monoisotopic (exact) mass is 241 g/mol. The lowest BCUT2D eigenvalue weighted by Crippen LogP contribution is -2.38. The number of methoxy groups -OCH3 is 1. The van der Waals surface area contributed by atoms with E-state index >= 15 is 0 Å². The van der Waals surface area contributed by atoms with Gasteiger partial charge < -0.3 is 14.8 Å². The van der Waals surface area contributed by atoms with E-state index in [1.165, 1.54) is 12.1 Å². The summed E-state index contributed by atoms with van der Waals surface area (Å²) in [6.45, 7) is 2.02. The van der Waals surface area contributed by atoms with Crippen LogP contribution < -0.4 is 10.1 Å². The molecule has 0 aliphatic heterocycles. The predicted molar refractivity (Wildman–Crippen MR) is 61.4 cm³/mol. The summed E-state index contributed by atoms with van der Waals surface area (Å²) in [5.74, 6) is -0.718. The Balaban J connectivity index is 2.36. The van der Waals surface area contributed by atoms with E-state index in [0.717, 1.165) is 0 Å². The van der Waals surface area contributed by atoms with Gasteiger partial charge in [0.25, 0.3) is 5.91 Å². The lowest BCUT2D eigenvalue weighted by atomic mass is 10.3. The molecule has 17 heavy (non-hydrogen) atoms. The molecule has 1 rings (SSSR count). The number of hydrogen-bond acceptors (Lipinski definition) is 3. The molecule has 1 aromatic carbocycles. The molecule has 0 spiro atoms. The van der Waals surface area contributed by atoms with Crippen LogP contribution in [0.1, 0.15) is 6.92 Å². The Morgan fingerprint density at radius 2 is 2.18 bits per heavy atom. The number of halogens is 1. The summed E-state index contributed by atoms with van der Waals surface area (Å²) < 4.78 is 23.1. The lowest BCUT2D eigenvalue weighted by molar-refractivity contribution is -0.124. The second kappa shape index (κ2) is 6.85. The highest BCUT2D eigenvalue weighted by Crippen LogP contribution is 2.14. The van der Waals surface area contributed by atoms with E-state index in [-0.39, 0.29) is 24.3 Å². The van der Waals surface area contributed by atoms with Gasteiger partial charge in [0.2, 0.25) is 0 Å². The van der Waals surface area contributed by atoms with Crippen molar-refractivity contribution in [2.45, 2.75) is 13.0 Å². The highest BCUT2D eigenvalue weighted by Gasteiger charge is 2.09. The Kier molecular flexibility index (Phi) is 5.42. The third kappa shape index (κ3) is 4.82. The van der Waals surface area contributed by atoms with Crippen LogP contribution in [0.3, 0.4) is 0 Å². The van der Waals surface area contributed by atoms with Crippen LogP contribution in [-0.4, -0.2) is 32.3 Å². The van der Waals surface area contributed by atoms with Gasteiger partial charge in [-0.1, -0.05) is 12.1 Å². The highest BCUT2D eigenvalue weighted by atomic mass is 19.1. The first-order chi connectivity index (χ1) is 8.13. The highest BCUT2D eigenvalue weighted by molar-refractivity contribution is 5.77. The maximum Gasteiger partial charge on any atom is 0.258 e. The van der Waals surface area contributed by atoms with Crippen molar-refractivity contribution in [1.29, 1.82) is 0 Å². The van der Waals surface area contributed by atoms with E-state index in [2.05, 4.69) is 5.32 Å². The molecule has 0 aromatic heterocycles. The van der Waals surface area contributed by atoms with Crippen molar-refractivity contribution in [2.24, 2.45) is 0 Å². The second-order valence-corrected chi connectivity index (χ2v) is 3.64. The van der Waals surface area contributed by atoms with Crippen LogP contribution in [0.2, 0.25) is 0 Å². The Morgan fingerprint density at radius 1 is 1.47 bits per heavy atom. The van der Waals surface area contributed by atoms with E-state index in [4.69, 9.17) is 9.47 Å². The minimum Gasteiger partial charge on any atom is -0.481 e. The second-order valence-electron chi connectivity index (χ2n) is 3.64. The number of carbonyl (C=O) groups excluding carboxylic acids is 1. The largest absolute Gasteiger partial charge is 0.481 e. The van der Waals surface area contributed by atoms with Crippen LogP contribution in [0.25, 0.3) is 0 Å². The van der Waals surface area contributed by atoms with Gasteiger partial charge >= 0.3 is 0 Å². The summed E-state index contributed by atoms with van der Waals surface area (Å²) in [7, 11) is 1.55. The average Bonchev–Trinajstić information content (AvgIpc) is 2.28. The Morgan fingerprint density at radius 3 is 2.82 bits per heavy atom. The van der Waals surface area contributed by atoms with Crippen LogP contribution >= 0.6 is 0 Å². The number of nitrogens with one attached hydrogen (secondary N) is 1. The summed E-state index contributed by atoms with van der Waals surface area (Å²) in [6, 6.07) is 5.85. The minimum atomic E-state index is -0.481. The van der Waals surface area contributed by atoms with Gasteiger partial charge in [-0.15, -0.1) is 0 Å². The molecule has 0 unspecified atom stereocenters. The molecular weight excluding hydrogens is 225 g/mol. The van der Waals surface area contributed by atoms with Crippen molar-refractivity contribution in [3.63, 3.8) is 0 Å². The van der Waals surface area contributed by atoms with E-state index in [0.29, 0.717) is 6.61 Å². The molecule has 0 aliphatic rings. The zero-order valence-corrected chi connectivity index (χ0v) is 9.90. The topological polar surface area (TPSA) is 47.6 Å². The molecular formula is C12H16FNO3. The summed E-state index contributed by atoms with van der Waals surface area (Å²) in [5.41, 5.74) is 0. The first kappa shape index (κ1) is 13.4. The molecule has 0 saturated carbocycles. The fraction of sp³-hybridized carbons (Fsp3) is 0.417. The Hall–Kier alpha value is -1.62. The van der Waals surface area contributed by atoms with E-state index < -0.39 is 5.82 Å². The molecule has 0 radical (unpaired) electrons. The number of amides is 1. The predicted octanol–water partition coefficient (Wildman–Crippen LogP) is 1.36. The summed E-state index contributed by atoms with van der Waals surface area (Å²) in [4.78, 5) is 11.4. The summed E-state index contributed by atoms with van der Waals surface area (Å²) >= 11 is 0. The molecule has 1 N–H and O–H groups in total. The molecule has 0 saturated heterocycles. The molecule has 1 aromatic rings. The van der Waals surface area contributed by atoms with Crippen LogP contribution in [-0.2, 0) is 9.53 Å². The van der Waals surface area contributed by atoms with E-state index in [1.54, 1.807) is 19.2 Å². The van der Waals surface area contributed by atoms with Crippen molar-refractivity contribution in [1.82, 2.24) is 5.32 Å². The summed E-state index contributed by atoms with van der Waals surface area (Å²) in [6.07, 6.45) is 0. The van der Waals surface area contributed by atoms with E-state index in [9.17, 15) is 9.18 Å². The zero-order valence-electron chi connectivity index (χ0n) is 9.90. The molecule has 4 nitrogen and oxygen atoms in total. The molecule has 1 atom stereocenters. The minimum absolute atomic E-state index is 0.0713. The van der Waals surface area contributed by atoms with Gasteiger partial charge in [-0.3, -0.25) is 4.79 Å². The third-order valence-corrected chi connectivity index (χ3v) is 2.02. The fourth-order valence-electron chi connectivity index (χ4n) is 1.31. The average molecular weight is 241 g/mol. The molecule has 0 heterocycles. The number of benzene rings is 1. The number of hydrogen-bond donors (Lipinski definition) is 1. The van der Waals surface area contributed by atoms with Gasteiger partial charge in [-0.05, 0) is 19.1 Å². The van der Waals surface area contributed by atoms with Crippen molar-refractivity contribution in [3.05, 3.63) is 30.1 Å². The van der Waals surface area contributed by atoms with Gasteiger partial charge in [0, 0.05) is 13.2 Å². The molecule has 94 valence electrons. The molecule has 0 aliphatic carbocycles. The van der Waals surface area contributed by atoms with Gasteiger partial charge in [-0.2, -0.15) is 0 Å². The van der Waals surface area contributed by atoms with E-state index in [1.807, 2.05) is 6.92 Å². The smallest absolute Gasteiger partial charge is 0.258 e. The van der Waals surface area contributed by atoms with Crippen LogP contribution in [0.4, 0.5) is 4.39 Å². The fourth-order valence-corrected chi connectivity index (χ4v) is 1.31. The molecule has 1 amide bonds. The van der Waals surface area contributed by atoms with Crippen LogP contribution in [0.15, 0.2) is 24.3 Å². The Labute approximate surface area is 99.7 Å². The van der Waals surface area contributed by atoms with Gasteiger partial charge in [0.05, 0.1) is 6.61 Å². The number of carbonyl (C=O) groups is 1. The maximum absolute atomic E-state index is 13.1. The van der Waals surface area contributed by atoms with Crippen molar-refractivity contribution in [3.8, 4) is 5.75 Å². The first-order valence-corrected chi connectivity index (χ1v) is 5.29.